The van der Waals surface area contributed by atoms with Crippen molar-refractivity contribution in [3.8, 4) is 0 Å². The van der Waals surface area contributed by atoms with Crippen LogP contribution in [0.15, 0.2) is 17.2 Å². The lowest BCUT2D eigenvalue weighted by atomic mass is 10.2. The molecule has 0 bridgehead atoms. The summed E-state index contributed by atoms with van der Waals surface area (Å²) in [5.74, 6) is 0.404. The molecule has 1 saturated carbocycles. The van der Waals surface area contributed by atoms with Crippen LogP contribution < -0.4 is 5.32 Å². The first-order valence-electron chi connectivity index (χ1n) is 10.2. The van der Waals surface area contributed by atoms with E-state index >= 15 is 0 Å². The molecule has 10 heteroatoms. The molecule has 29 heavy (non-hydrogen) atoms. The number of amides is 1. The van der Waals surface area contributed by atoms with Crippen molar-refractivity contribution in [3.05, 3.63) is 23.7 Å². The van der Waals surface area contributed by atoms with E-state index in [1.165, 1.54) is 21.8 Å². The zero-order valence-electron chi connectivity index (χ0n) is 17.6. The number of aryl methyl sites for hydroxylation is 1. The highest BCUT2D eigenvalue weighted by Crippen LogP contribution is 2.31. The highest BCUT2D eigenvalue weighted by atomic mass is 32.2. The molecule has 9 nitrogen and oxygen atoms in total. The largest absolute Gasteiger partial charge is 0.309 e. The molecule has 0 saturated heterocycles. The number of carbonyl (C=O) groups is 1. The normalized spacial score (nSPS) is 15.3. The van der Waals surface area contributed by atoms with E-state index in [1.807, 2.05) is 4.68 Å². The molecule has 0 unspecified atom stereocenters. The third-order valence-corrected chi connectivity index (χ3v) is 7.82. The first-order chi connectivity index (χ1) is 13.8. The zero-order valence-corrected chi connectivity index (χ0v) is 18.4. The predicted octanol–water partition coefficient (Wildman–Crippen LogP) is 2.48. The van der Waals surface area contributed by atoms with Crippen LogP contribution in [0.1, 0.15) is 57.0 Å². The van der Waals surface area contributed by atoms with Gasteiger partial charge < -0.3 is 5.32 Å². The van der Waals surface area contributed by atoms with Crippen molar-refractivity contribution >= 4 is 21.7 Å². The highest BCUT2D eigenvalue weighted by Gasteiger charge is 2.29. The molecule has 0 atom stereocenters. The Morgan fingerprint density at radius 3 is 2.52 bits per heavy atom. The molecule has 0 spiro atoms. The summed E-state index contributed by atoms with van der Waals surface area (Å²) in [5, 5.41) is 11.6. The van der Waals surface area contributed by atoms with Crippen LogP contribution >= 0.6 is 0 Å². The minimum absolute atomic E-state index is 0.0592. The lowest BCUT2D eigenvalue weighted by molar-refractivity contribution is -0.117. The lowest BCUT2D eigenvalue weighted by Crippen LogP contribution is -2.31. The van der Waals surface area contributed by atoms with Crippen molar-refractivity contribution in [2.75, 3.05) is 18.4 Å². The number of anilines is 1. The first kappa shape index (κ1) is 21.5. The van der Waals surface area contributed by atoms with Crippen LogP contribution in [-0.4, -0.2) is 51.3 Å². The van der Waals surface area contributed by atoms with Crippen molar-refractivity contribution in [1.29, 1.82) is 0 Å². The third kappa shape index (κ3) is 4.23. The average Bonchev–Trinajstić information content (AvgIpc) is 3.37. The van der Waals surface area contributed by atoms with Crippen LogP contribution in [0.5, 0.6) is 0 Å². The van der Waals surface area contributed by atoms with Crippen molar-refractivity contribution in [2.45, 2.75) is 70.9 Å². The summed E-state index contributed by atoms with van der Waals surface area (Å²) < 4.78 is 30.6. The minimum Gasteiger partial charge on any atom is -0.309 e. The number of nitrogens with one attached hydrogen (secondary N) is 1. The predicted molar refractivity (Wildman–Crippen MR) is 110 cm³/mol. The molecular formula is C19H30N6O3S. The van der Waals surface area contributed by atoms with Crippen LogP contribution in [0.3, 0.4) is 0 Å². The van der Waals surface area contributed by atoms with Crippen molar-refractivity contribution in [1.82, 2.24) is 23.9 Å². The smallest absolute Gasteiger partial charge is 0.247 e. The molecular weight excluding hydrogens is 392 g/mol. The van der Waals surface area contributed by atoms with Crippen molar-refractivity contribution in [3.63, 3.8) is 0 Å². The number of aromatic nitrogens is 4. The van der Waals surface area contributed by atoms with Crippen LogP contribution in [0.4, 0.5) is 5.82 Å². The number of hydrogen-bond donors (Lipinski definition) is 1. The molecule has 0 aliphatic heterocycles. The van der Waals surface area contributed by atoms with Gasteiger partial charge in [0.05, 0.1) is 23.6 Å². The first-order valence-corrected chi connectivity index (χ1v) is 11.6. The molecule has 1 aliphatic carbocycles. The summed E-state index contributed by atoms with van der Waals surface area (Å²) in [5.41, 5.74) is 0.868. The van der Waals surface area contributed by atoms with Gasteiger partial charge in [0, 0.05) is 19.2 Å². The number of hydrogen-bond acceptors (Lipinski definition) is 5. The fourth-order valence-corrected chi connectivity index (χ4v) is 5.90. The quantitative estimate of drug-likeness (QED) is 0.704. The van der Waals surface area contributed by atoms with Gasteiger partial charge >= 0.3 is 0 Å². The van der Waals surface area contributed by atoms with Gasteiger partial charge in [0.2, 0.25) is 15.9 Å². The summed E-state index contributed by atoms with van der Waals surface area (Å²) in [6.45, 7) is 7.66. The number of carbonyl (C=O) groups excluding carboxylic acids is 1. The Labute approximate surface area is 172 Å². The molecule has 1 amide bonds. The van der Waals surface area contributed by atoms with Gasteiger partial charge in [-0.15, -0.1) is 0 Å². The maximum atomic E-state index is 12.9. The summed E-state index contributed by atoms with van der Waals surface area (Å²) in [6.07, 6.45) is 6.16. The van der Waals surface area contributed by atoms with Gasteiger partial charge in [0.1, 0.15) is 17.3 Å². The second-order valence-electron chi connectivity index (χ2n) is 7.39. The summed E-state index contributed by atoms with van der Waals surface area (Å²) in [6, 6.07) is 2.10. The Kier molecular flexibility index (Phi) is 6.42. The van der Waals surface area contributed by atoms with Gasteiger partial charge in [0.25, 0.3) is 0 Å². The number of rotatable bonds is 8. The van der Waals surface area contributed by atoms with E-state index in [0.717, 1.165) is 12.8 Å². The van der Waals surface area contributed by atoms with E-state index in [9.17, 15) is 13.2 Å². The van der Waals surface area contributed by atoms with E-state index < -0.39 is 10.0 Å². The van der Waals surface area contributed by atoms with Crippen molar-refractivity contribution < 1.29 is 13.2 Å². The SMILES string of the molecule is CCN(CC)S(=O)(=O)c1c(C)nn(CC(=O)Nc2ccnn2C2CCCC2)c1C. The average molecular weight is 423 g/mol. The Morgan fingerprint density at radius 1 is 1.24 bits per heavy atom. The van der Waals surface area contributed by atoms with Gasteiger partial charge in [-0.05, 0) is 26.7 Å². The summed E-state index contributed by atoms with van der Waals surface area (Å²) in [4.78, 5) is 12.8. The van der Waals surface area contributed by atoms with E-state index in [2.05, 4.69) is 15.5 Å². The summed E-state index contributed by atoms with van der Waals surface area (Å²) >= 11 is 0. The second-order valence-corrected chi connectivity index (χ2v) is 9.27. The fourth-order valence-electron chi connectivity index (χ4n) is 4.07. The Bertz CT molecular complexity index is 968. The molecule has 1 N–H and O–H groups in total. The molecule has 3 rings (SSSR count). The maximum absolute atomic E-state index is 12.9. The summed E-state index contributed by atoms with van der Waals surface area (Å²) in [7, 11) is -3.64. The molecule has 1 aliphatic rings. The van der Waals surface area contributed by atoms with E-state index in [0.29, 0.717) is 36.3 Å². The molecule has 0 radical (unpaired) electrons. The lowest BCUT2D eigenvalue weighted by Gasteiger charge is -2.18. The van der Waals surface area contributed by atoms with E-state index in [1.54, 1.807) is 40.0 Å². The second kappa shape index (κ2) is 8.66. The Hall–Kier alpha value is -2.20. The molecule has 1 fully saturated rings. The van der Waals surface area contributed by atoms with Crippen LogP contribution in [0.2, 0.25) is 0 Å². The standard InChI is InChI=1S/C19H30N6O3S/c1-5-23(6-2)29(27,28)19-14(3)22-24(15(19)4)13-18(26)21-17-11-12-20-25(17)16-9-7-8-10-16/h11-12,16H,5-10,13H2,1-4H3,(H,21,26). The van der Waals surface area contributed by atoms with Crippen LogP contribution in [-0.2, 0) is 21.4 Å². The third-order valence-electron chi connectivity index (χ3n) is 5.52. The molecule has 0 aromatic carbocycles. The maximum Gasteiger partial charge on any atom is 0.247 e. The molecule has 160 valence electrons. The van der Waals surface area contributed by atoms with E-state index in [4.69, 9.17) is 0 Å². The molecule has 2 aromatic rings. The van der Waals surface area contributed by atoms with Gasteiger partial charge in [0.15, 0.2) is 0 Å². The number of nitrogens with zero attached hydrogens (tertiary/aromatic N) is 5. The monoisotopic (exact) mass is 422 g/mol. The van der Waals surface area contributed by atoms with Gasteiger partial charge in [-0.3, -0.25) is 9.48 Å². The van der Waals surface area contributed by atoms with Crippen molar-refractivity contribution in [2.24, 2.45) is 0 Å². The van der Waals surface area contributed by atoms with Crippen LogP contribution in [0, 0.1) is 13.8 Å². The van der Waals surface area contributed by atoms with Gasteiger partial charge in [-0.1, -0.05) is 26.7 Å². The topological polar surface area (TPSA) is 102 Å². The van der Waals surface area contributed by atoms with Gasteiger partial charge in [-0.2, -0.15) is 14.5 Å². The fraction of sp³-hybridized carbons (Fsp3) is 0.632. The highest BCUT2D eigenvalue weighted by molar-refractivity contribution is 7.89. The molecule has 2 aromatic heterocycles. The Balaban J connectivity index is 1.78. The van der Waals surface area contributed by atoms with Gasteiger partial charge in [-0.25, -0.2) is 13.1 Å². The van der Waals surface area contributed by atoms with Crippen LogP contribution in [0.25, 0.3) is 0 Å². The Morgan fingerprint density at radius 2 is 1.90 bits per heavy atom. The number of sulfonamides is 1. The molecule has 2 heterocycles. The van der Waals surface area contributed by atoms with E-state index in [-0.39, 0.29) is 17.3 Å². The zero-order chi connectivity index (χ0) is 21.2. The minimum atomic E-state index is -3.64.